The van der Waals surface area contributed by atoms with Gasteiger partial charge in [0.2, 0.25) is 0 Å². The number of methoxy groups -OCH3 is 1. The molecule has 0 aromatic carbocycles. The minimum Gasteiger partial charge on any atom is -0.469 e. The molecule has 2 fully saturated rings. The van der Waals surface area contributed by atoms with E-state index in [9.17, 15) is 4.79 Å². The fourth-order valence-electron chi connectivity index (χ4n) is 2.83. The highest BCUT2D eigenvalue weighted by Crippen LogP contribution is 2.38. The Labute approximate surface area is 78.8 Å². The molecule has 0 aromatic rings. The van der Waals surface area contributed by atoms with Gasteiger partial charge in [-0.1, -0.05) is 6.42 Å². The Morgan fingerprint density at radius 2 is 2.23 bits per heavy atom. The molecule has 0 spiro atoms. The molecule has 3 atom stereocenters. The predicted molar refractivity (Wildman–Crippen MR) is 49.2 cm³/mol. The van der Waals surface area contributed by atoms with E-state index >= 15 is 0 Å². The maximum absolute atomic E-state index is 11.4. The van der Waals surface area contributed by atoms with Gasteiger partial charge in [0.25, 0.3) is 0 Å². The van der Waals surface area contributed by atoms with E-state index in [1.54, 1.807) is 0 Å². The van der Waals surface area contributed by atoms with Gasteiger partial charge in [0, 0.05) is 6.54 Å². The van der Waals surface area contributed by atoms with Crippen LogP contribution < -0.4 is 5.32 Å². The van der Waals surface area contributed by atoms with E-state index < -0.39 is 0 Å². The lowest BCUT2D eigenvalue weighted by molar-refractivity contribution is -0.148. The fourth-order valence-corrected chi connectivity index (χ4v) is 2.83. The van der Waals surface area contributed by atoms with Crippen molar-refractivity contribution in [1.29, 1.82) is 0 Å². The average molecular weight is 183 g/mol. The minimum atomic E-state index is -0.0240. The Balaban J connectivity index is 2.05. The van der Waals surface area contributed by atoms with Crippen molar-refractivity contribution in [3.63, 3.8) is 0 Å². The monoisotopic (exact) mass is 183 g/mol. The van der Waals surface area contributed by atoms with Gasteiger partial charge in [-0.2, -0.15) is 0 Å². The van der Waals surface area contributed by atoms with E-state index in [1.165, 1.54) is 26.4 Å². The van der Waals surface area contributed by atoms with Gasteiger partial charge >= 0.3 is 5.97 Å². The van der Waals surface area contributed by atoms with E-state index in [2.05, 4.69) is 5.32 Å². The molecular formula is C10H17NO2. The molecule has 3 heteroatoms. The van der Waals surface area contributed by atoms with E-state index in [0.717, 1.165) is 19.0 Å². The number of hydrogen-bond donors (Lipinski definition) is 1. The number of carbonyl (C=O) groups is 1. The van der Waals surface area contributed by atoms with Crippen LogP contribution in [0.3, 0.4) is 0 Å². The first-order valence-electron chi connectivity index (χ1n) is 5.11. The number of hydrogen-bond acceptors (Lipinski definition) is 3. The fraction of sp³-hybridized carbons (Fsp3) is 0.900. The van der Waals surface area contributed by atoms with Crippen molar-refractivity contribution >= 4 is 5.97 Å². The third-order valence-electron chi connectivity index (χ3n) is 3.51. The summed E-state index contributed by atoms with van der Waals surface area (Å²) in [4.78, 5) is 11.4. The van der Waals surface area contributed by atoms with E-state index in [1.807, 2.05) is 0 Å². The number of piperidine rings is 1. The average Bonchev–Trinajstić information content (AvgIpc) is 2.63. The molecule has 2 aliphatic rings. The molecule has 1 saturated carbocycles. The summed E-state index contributed by atoms with van der Waals surface area (Å²) in [6.45, 7) is 1.91. The van der Waals surface area contributed by atoms with Gasteiger partial charge in [0.1, 0.15) is 0 Å². The molecule has 1 aliphatic heterocycles. The molecule has 1 unspecified atom stereocenters. The van der Waals surface area contributed by atoms with Gasteiger partial charge in [0.05, 0.1) is 13.0 Å². The van der Waals surface area contributed by atoms with Gasteiger partial charge < -0.3 is 10.1 Å². The molecule has 1 saturated heterocycles. The van der Waals surface area contributed by atoms with Crippen LogP contribution in [0.15, 0.2) is 0 Å². The van der Waals surface area contributed by atoms with Crippen LogP contribution in [-0.2, 0) is 9.53 Å². The van der Waals surface area contributed by atoms with Crippen LogP contribution >= 0.6 is 0 Å². The molecule has 3 nitrogen and oxygen atoms in total. The third kappa shape index (κ3) is 1.57. The summed E-state index contributed by atoms with van der Waals surface area (Å²) in [6.07, 6.45) is 3.78. The topological polar surface area (TPSA) is 38.3 Å². The van der Waals surface area contributed by atoms with E-state index in [4.69, 9.17) is 4.74 Å². The maximum Gasteiger partial charge on any atom is 0.310 e. The maximum atomic E-state index is 11.4. The molecular weight excluding hydrogens is 166 g/mol. The van der Waals surface area contributed by atoms with Gasteiger partial charge in [-0.05, 0) is 31.2 Å². The van der Waals surface area contributed by atoms with Crippen molar-refractivity contribution in [3.8, 4) is 0 Å². The molecule has 0 aromatic heterocycles. The lowest BCUT2D eigenvalue weighted by Crippen LogP contribution is -2.45. The summed E-state index contributed by atoms with van der Waals surface area (Å²) in [6, 6.07) is 0. The first kappa shape index (κ1) is 9.00. The summed E-state index contributed by atoms with van der Waals surface area (Å²) in [7, 11) is 1.49. The molecule has 0 amide bonds. The summed E-state index contributed by atoms with van der Waals surface area (Å²) in [5.41, 5.74) is 0. The number of ether oxygens (including phenoxy) is 1. The first-order valence-corrected chi connectivity index (χ1v) is 5.11. The van der Waals surface area contributed by atoms with Crippen molar-refractivity contribution in [3.05, 3.63) is 0 Å². The van der Waals surface area contributed by atoms with E-state index in [-0.39, 0.29) is 11.9 Å². The Hall–Kier alpha value is -0.570. The van der Waals surface area contributed by atoms with E-state index in [0.29, 0.717) is 5.92 Å². The van der Waals surface area contributed by atoms with Crippen LogP contribution in [0.5, 0.6) is 0 Å². The zero-order valence-electron chi connectivity index (χ0n) is 8.08. The summed E-state index contributed by atoms with van der Waals surface area (Å²) >= 11 is 0. The molecule has 74 valence electrons. The standard InChI is InChI=1S/C10H17NO2/c1-13-10(12)9-6-11-5-7-3-2-4-8(7)9/h7-9,11H,2-6H2,1H3/t7-,8-,9?/m1/s1. The number of carbonyl (C=O) groups excluding carboxylic acids is 1. The third-order valence-corrected chi connectivity index (χ3v) is 3.51. The summed E-state index contributed by atoms with van der Waals surface area (Å²) < 4.78 is 4.82. The molecule has 1 heterocycles. The van der Waals surface area contributed by atoms with Crippen LogP contribution in [0, 0.1) is 17.8 Å². The van der Waals surface area contributed by atoms with Crippen molar-refractivity contribution in [2.75, 3.05) is 20.2 Å². The van der Waals surface area contributed by atoms with Crippen LogP contribution in [-0.4, -0.2) is 26.2 Å². The molecule has 1 aliphatic carbocycles. The Bertz CT molecular complexity index is 205. The summed E-state index contributed by atoms with van der Waals surface area (Å²) in [5, 5.41) is 3.32. The molecule has 1 N–H and O–H groups in total. The zero-order chi connectivity index (χ0) is 9.26. The SMILES string of the molecule is COC(=O)C1CNC[C@H]2CCC[C@@H]12. The second-order valence-corrected chi connectivity index (χ2v) is 4.14. The largest absolute Gasteiger partial charge is 0.469 e. The van der Waals surface area contributed by atoms with Gasteiger partial charge in [0.15, 0.2) is 0 Å². The van der Waals surface area contributed by atoms with Gasteiger partial charge in [-0.25, -0.2) is 0 Å². The van der Waals surface area contributed by atoms with Crippen molar-refractivity contribution in [2.24, 2.45) is 17.8 Å². The second kappa shape index (κ2) is 3.66. The molecule has 2 rings (SSSR count). The van der Waals surface area contributed by atoms with Crippen LogP contribution in [0.2, 0.25) is 0 Å². The lowest BCUT2D eigenvalue weighted by Gasteiger charge is -2.32. The Morgan fingerprint density at radius 1 is 1.38 bits per heavy atom. The quantitative estimate of drug-likeness (QED) is 0.611. The van der Waals surface area contributed by atoms with Crippen molar-refractivity contribution < 1.29 is 9.53 Å². The molecule has 0 bridgehead atoms. The lowest BCUT2D eigenvalue weighted by atomic mass is 9.81. The summed E-state index contributed by atoms with van der Waals surface area (Å²) in [5.74, 6) is 1.40. The highest BCUT2D eigenvalue weighted by Gasteiger charge is 2.40. The van der Waals surface area contributed by atoms with Crippen LogP contribution in [0.1, 0.15) is 19.3 Å². The Morgan fingerprint density at radius 3 is 3.00 bits per heavy atom. The van der Waals surface area contributed by atoms with Crippen LogP contribution in [0.25, 0.3) is 0 Å². The smallest absolute Gasteiger partial charge is 0.310 e. The first-order chi connectivity index (χ1) is 6.33. The molecule has 13 heavy (non-hydrogen) atoms. The molecule has 0 radical (unpaired) electrons. The number of rotatable bonds is 1. The van der Waals surface area contributed by atoms with Crippen molar-refractivity contribution in [1.82, 2.24) is 5.32 Å². The number of esters is 1. The number of nitrogens with one attached hydrogen (secondary N) is 1. The van der Waals surface area contributed by atoms with Gasteiger partial charge in [-0.15, -0.1) is 0 Å². The zero-order valence-corrected chi connectivity index (χ0v) is 8.08. The highest BCUT2D eigenvalue weighted by atomic mass is 16.5. The minimum absolute atomic E-state index is 0.0240. The van der Waals surface area contributed by atoms with Crippen LogP contribution in [0.4, 0.5) is 0 Å². The van der Waals surface area contributed by atoms with Gasteiger partial charge in [-0.3, -0.25) is 4.79 Å². The van der Waals surface area contributed by atoms with Crippen molar-refractivity contribution in [2.45, 2.75) is 19.3 Å². The number of fused-ring (bicyclic) bond motifs is 1. The normalized spacial score (nSPS) is 38.4. The predicted octanol–water partition coefficient (Wildman–Crippen LogP) is 0.795. The highest BCUT2D eigenvalue weighted by molar-refractivity contribution is 5.73. The second-order valence-electron chi connectivity index (χ2n) is 4.14. The Kier molecular flexibility index (Phi) is 2.54.